The molecule has 2 heterocycles. The number of amides is 1. The minimum atomic E-state index is -0.272. The van der Waals surface area contributed by atoms with Gasteiger partial charge in [0.05, 0.1) is 30.2 Å². The van der Waals surface area contributed by atoms with Crippen molar-refractivity contribution >= 4 is 11.6 Å². The second kappa shape index (κ2) is 8.23. The Morgan fingerprint density at radius 1 is 1.31 bits per heavy atom. The molecule has 0 bridgehead atoms. The lowest BCUT2D eigenvalue weighted by atomic mass is 9.92. The van der Waals surface area contributed by atoms with Crippen LogP contribution in [-0.2, 0) is 11.2 Å². The van der Waals surface area contributed by atoms with E-state index in [4.69, 9.17) is 4.74 Å². The fourth-order valence-electron chi connectivity index (χ4n) is 3.35. The molecule has 7 heteroatoms. The maximum atomic E-state index is 13.2. The summed E-state index contributed by atoms with van der Waals surface area (Å²) in [4.78, 5) is 23.1. The van der Waals surface area contributed by atoms with E-state index in [2.05, 4.69) is 15.3 Å². The number of piperidine rings is 1. The second-order valence-corrected chi connectivity index (χ2v) is 6.36. The fourth-order valence-corrected chi connectivity index (χ4v) is 3.35. The van der Waals surface area contributed by atoms with Crippen LogP contribution in [0.1, 0.15) is 29.0 Å². The molecule has 1 N–H and O–H groups in total. The van der Waals surface area contributed by atoms with Gasteiger partial charge >= 0.3 is 0 Å². The molecule has 1 aromatic carbocycles. The van der Waals surface area contributed by atoms with Crippen molar-refractivity contribution in [1.82, 2.24) is 14.9 Å². The van der Waals surface area contributed by atoms with E-state index >= 15 is 0 Å². The van der Waals surface area contributed by atoms with E-state index in [1.54, 1.807) is 43.6 Å². The van der Waals surface area contributed by atoms with Gasteiger partial charge in [0.15, 0.2) is 0 Å². The Labute approximate surface area is 152 Å². The van der Waals surface area contributed by atoms with Crippen molar-refractivity contribution in [2.24, 2.45) is 0 Å². The molecule has 0 unspecified atom stereocenters. The van der Waals surface area contributed by atoms with Crippen molar-refractivity contribution < 1.29 is 13.9 Å². The number of ether oxygens (including phenoxy) is 1. The molecule has 0 spiro atoms. The molecule has 3 rings (SSSR count). The van der Waals surface area contributed by atoms with Crippen molar-refractivity contribution in [2.45, 2.75) is 31.4 Å². The highest BCUT2D eigenvalue weighted by Crippen LogP contribution is 2.25. The summed E-state index contributed by atoms with van der Waals surface area (Å²) in [7, 11) is 3.43. The summed E-state index contributed by atoms with van der Waals surface area (Å²) in [6.45, 7) is 0.627. The number of benzene rings is 1. The van der Waals surface area contributed by atoms with Crippen molar-refractivity contribution in [3.05, 3.63) is 53.9 Å². The van der Waals surface area contributed by atoms with Gasteiger partial charge in [0.2, 0.25) is 5.82 Å². The van der Waals surface area contributed by atoms with Crippen LogP contribution >= 0.6 is 0 Å². The molecule has 1 saturated heterocycles. The molecular weight excluding hydrogens is 335 g/mol. The molecule has 2 aromatic rings. The predicted octanol–water partition coefficient (Wildman–Crippen LogP) is 2.52. The molecule has 0 saturated carbocycles. The molecule has 1 fully saturated rings. The van der Waals surface area contributed by atoms with Crippen LogP contribution in [0.4, 0.5) is 10.1 Å². The van der Waals surface area contributed by atoms with E-state index in [1.807, 2.05) is 0 Å². The molecule has 2 atom stereocenters. The Bertz CT molecular complexity index is 736. The lowest BCUT2D eigenvalue weighted by molar-refractivity contribution is -0.0122. The predicted molar refractivity (Wildman–Crippen MR) is 96.5 cm³/mol. The Morgan fingerprint density at radius 2 is 2.00 bits per heavy atom. The normalized spacial score (nSPS) is 20.0. The van der Waals surface area contributed by atoms with Crippen LogP contribution in [0.25, 0.3) is 0 Å². The highest BCUT2D eigenvalue weighted by molar-refractivity contribution is 5.91. The number of anilines is 1. The number of rotatable bonds is 5. The minimum absolute atomic E-state index is 0.0747. The molecule has 1 aliphatic heterocycles. The van der Waals surface area contributed by atoms with Gasteiger partial charge in [-0.05, 0) is 37.0 Å². The summed E-state index contributed by atoms with van der Waals surface area (Å²) >= 11 is 0. The van der Waals surface area contributed by atoms with Crippen molar-refractivity contribution in [3.8, 4) is 0 Å². The standard InChI is InChI=1S/C19H23FN4O2/c1-21-15-11-22-18(23-12-15)19(25)24-9-3-4-17(26-2)16(24)10-13-5-7-14(20)8-6-13/h5-8,11-12,16-17,21H,3-4,9-10H2,1-2H3/t16-,17-/m0/s1. The zero-order valence-electron chi connectivity index (χ0n) is 15.0. The fraction of sp³-hybridized carbons (Fsp3) is 0.421. The number of hydrogen-bond donors (Lipinski definition) is 1. The number of hydrogen-bond acceptors (Lipinski definition) is 5. The molecule has 1 amide bonds. The lowest BCUT2D eigenvalue weighted by Gasteiger charge is -2.40. The van der Waals surface area contributed by atoms with Crippen molar-refractivity contribution in [1.29, 1.82) is 0 Å². The maximum absolute atomic E-state index is 13.2. The summed E-state index contributed by atoms with van der Waals surface area (Å²) in [5.41, 5.74) is 1.71. The van der Waals surface area contributed by atoms with Gasteiger partial charge in [-0.15, -0.1) is 0 Å². The molecule has 0 radical (unpaired) electrons. The van der Waals surface area contributed by atoms with Crippen molar-refractivity contribution in [3.63, 3.8) is 0 Å². The second-order valence-electron chi connectivity index (χ2n) is 6.36. The number of carbonyl (C=O) groups excluding carboxylic acids is 1. The highest BCUT2D eigenvalue weighted by atomic mass is 19.1. The van der Waals surface area contributed by atoms with Crippen LogP contribution in [0.5, 0.6) is 0 Å². The molecule has 6 nitrogen and oxygen atoms in total. The van der Waals surface area contributed by atoms with Gasteiger partial charge in [-0.3, -0.25) is 4.79 Å². The maximum Gasteiger partial charge on any atom is 0.292 e. The van der Waals surface area contributed by atoms with E-state index in [-0.39, 0.29) is 29.7 Å². The molecule has 0 aliphatic carbocycles. The van der Waals surface area contributed by atoms with E-state index in [1.165, 1.54) is 12.1 Å². The zero-order valence-corrected chi connectivity index (χ0v) is 15.0. The first-order valence-corrected chi connectivity index (χ1v) is 8.70. The number of aromatic nitrogens is 2. The number of nitrogens with zero attached hydrogens (tertiary/aromatic N) is 3. The molecular formula is C19H23FN4O2. The SMILES string of the molecule is CNc1cnc(C(=O)N2CCC[C@H](OC)[C@@H]2Cc2ccc(F)cc2)nc1. The number of methoxy groups -OCH3 is 1. The summed E-state index contributed by atoms with van der Waals surface area (Å²) in [5.74, 6) is -0.307. The number of carbonyl (C=O) groups is 1. The van der Waals surface area contributed by atoms with E-state index in [0.29, 0.717) is 13.0 Å². The summed E-state index contributed by atoms with van der Waals surface area (Å²) in [6, 6.07) is 6.23. The zero-order chi connectivity index (χ0) is 18.5. The third-order valence-electron chi connectivity index (χ3n) is 4.77. The molecule has 1 aromatic heterocycles. The summed E-state index contributed by atoms with van der Waals surface area (Å²) in [6.07, 6.45) is 5.44. The quantitative estimate of drug-likeness (QED) is 0.890. The van der Waals surface area contributed by atoms with Gasteiger partial charge in [-0.2, -0.15) is 0 Å². The Hall–Kier alpha value is -2.54. The summed E-state index contributed by atoms with van der Waals surface area (Å²) < 4.78 is 18.8. The highest BCUT2D eigenvalue weighted by Gasteiger charge is 2.35. The topological polar surface area (TPSA) is 67.4 Å². The first-order valence-electron chi connectivity index (χ1n) is 8.70. The van der Waals surface area contributed by atoms with Crippen LogP contribution in [0.15, 0.2) is 36.7 Å². The van der Waals surface area contributed by atoms with E-state index < -0.39 is 0 Å². The van der Waals surface area contributed by atoms with Crippen molar-refractivity contribution in [2.75, 3.05) is 26.0 Å². The number of likely N-dealkylation sites (tertiary alicyclic amines) is 1. The van der Waals surface area contributed by atoms with Gasteiger partial charge in [0, 0.05) is 20.7 Å². The van der Waals surface area contributed by atoms with Gasteiger partial charge in [-0.1, -0.05) is 12.1 Å². The van der Waals surface area contributed by atoms with Crippen LogP contribution in [-0.4, -0.2) is 53.6 Å². The molecule has 138 valence electrons. The smallest absolute Gasteiger partial charge is 0.292 e. The van der Waals surface area contributed by atoms with Crippen LogP contribution in [0, 0.1) is 5.82 Å². The van der Waals surface area contributed by atoms with E-state index in [9.17, 15) is 9.18 Å². The third kappa shape index (κ3) is 3.99. The minimum Gasteiger partial charge on any atom is -0.386 e. The van der Waals surface area contributed by atoms with Crippen LogP contribution < -0.4 is 5.32 Å². The number of halogens is 1. The van der Waals surface area contributed by atoms with Gasteiger partial charge in [0.25, 0.3) is 5.91 Å². The number of nitrogens with one attached hydrogen (secondary N) is 1. The average Bonchev–Trinajstić information content (AvgIpc) is 2.69. The monoisotopic (exact) mass is 358 g/mol. The van der Waals surface area contributed by atoms with Gasteiger partial charge in [0.1, 0.15) is 5.82 Å². The third-order valence-corrected chi connectivity index (χ3v) is 4.77. The Balaban J connectivity index is 1.83. The summed E-state index contributed by atoms with van der Waals surface area (Å²) in [5, 5.41) is 2.93. The van der Waals surface area contributed by atoms with Gasteiger partial charge < -0.3 is 15.0 Å². The largest absolute Gasteiger partial charge is 0.386 e. The van der Waals surface area contributed by atoms with E-state index in [0.717, 1.165) is 24.1 Å². The van der Waals surface area contributed by atoms with Gasteiger partial charge in [-0.25, -0.2) is 14.4 Å². The lowest BCUT2D eigenvalue weighted by Crippen LogP contribution is -2.53. The average molecular weight is 358 g/mol. The Kier molecular flexibility index (Phi) is 5.78. The van der Waals surface area contributed by atoms with Crippen LogP contribution in [0.2, 0.25) is 0 Å². The molecule has 26 heavy (non-hydrogen) atoms. The Morgan fingerprint density at radius 3 is 2.62 bits per heavy atom. The first kappa shape index (κ1) is 18.3. The first-order chi connectivity index (χ1) is 12.6. The van der Waals surface area contributed by atoms with Crippen LogP contribution in [0.3, 0.4) is 0 Å². The molecule has 1 aliphatic rings.